The number of amides is 1. The van der Waals surface area contributed by atoms with Crippen LogP contribution in [-0.2, 0) is 18.4 Å². The van der Waals surface area contributed by atoms with Crippen molar-refractivity contribution in [2.75, 3.05) is 40.9 Å². The van der Waals surface area contributed by atoms with Gasteiger partial charge in [-0.2, -0.15) is 0 Å². The van der Waals surface area contributed by atoms with Gasteiger partial charge in [0.05, 0.1) is 39.9 Å². The number of unbranched alkanes of at least 4 members (excludes halogenated alkanes) is 25. The second-order valence-electron chi connectivity index (χ2n) is 18.5. The van der Waals surface area contributed by atoms with Crippen LogP contribution in [0.5, 0.6) is 0 Å². The molecule has 0 heterocycles. The fourth-order valence-electron chi connectivity index (χ4n) is 7.33. The molecule has 358 valence electrons. The Morgan fingerprint density at radius 3 is 1.46 bits per heavy atom. The molecule has 0 radical (unpaired) electrons. The van der Waals surface area contributed by atoms with Gasteiger partial charge in [0.2, 0.25) is 5.91 Å². The Morgan fingerprint density at radius 1 is 0.590 bits per heavy atom. The molecule has 0 rings (SSSR count). The summed E-state index contributed by atoms with van der Waals surface area (Å²) in [7, 11) is 1.30. The first-order chi connectivity index (χ1) is 29.5. The number of carbonyl (C=O) groups excluding carboxylic acids is 1. The highest BCUT2D eigenvalue weighted by Crippen LogP contribution is 2.38. The molecular formula is C52H99N2O6P. The van der Waals surface area contributed by atoms with Crippen molar-refractivity contribution in [1.82, 2.24) is 5.32 Å². The predicted molar refractivity (Wildman–Crippen MR) is 261 cm³/mol. The minimum Gasteiger partial charge on any atom is -0.756 e. The average molecular weight is 879 g/mol. The number of quaternary nitrogens is 1. The van der Waals surface area contributed by atoms with Crippen molar-refractivity contribution in [2.45, 2.75) is 238 Å². The average Bonchev–Trinajstić information content (AvgIpc) is 3.21. The molecule has 1 amide bonds. The lowest BCUT2D eigenvalue weighted by Gasteiger charge is -2.30. The zero-order chi connectivity index (χ0) is 45.0. The summed E-state index contributed by atoms with van der Waals surface area (Å²) >= 11 is 0. The maximum absolute atomic E-state index is 12.9. The van der Waals surface area contributed by atoms with E-state index in [2.05, 4.69) is 67.8 Å². The lowest BCUT2D eigenvalue weighted by molar-refractivity contribution is -0.870. The Kier molecular flexibility index (Phi) is 42.6. The summed E-state index contributed by atoms with van der Waals surface area (Å²) < 4.78 is 23.2. The molecule has 2 N–H and O–H groups in total. The van der Waals surface area contributed by atoms with Gasteiger partial charge in [-0.3, -0.25) is 9.36 Å². The first kappa shape index (κ1) is 59.5. The zero-order valence-electron chi connectivity index (χ0n) is 40.6. The van der Waals surface area contributed by atoms with Gasteiger partial charge in [-0.15, -0.1) is 0 Å². The van der Waals surface area contributed by atoms with Gasteiger partial charge in [0.15, 0.2) is 0 Å². The Balaban J connectivity index is 3.94. The molecule has 0 bridgehead atoms. The van der Waals surface area contributed by atoms with Crippen LogP contribution < -0.4 is 10.2 Å². The van der Waals surface area contributed by atoms with Gasteiger partial charge in [-0.1, -0.05) is 217 Å². The highest BCUT2D eigenvalue weighted by atomic mass is 31.2. The van der Waals surface area contributed by atoms with Crippen molar-refractivity contribution in [3.63, 3.8) is 0 Å². The molecule has 0 saturated carbocycles. The number of hydrogen-bond acceptors (Lipinski definition) is 6. The van der Waals surface area contributed by atoms with E-state index < -0.39 is 20.0 Å². The van der Waals surface area contributed by atoms with Gasteiger partial charge in [0, 0.05) is 6.42 Å². The second kappa shape index (κ2) is 43.7. The van der Waals surface area contributed by atoms with E-state index in [1.807, 2.05) is 21.1 Å². The van der Waals surface area contributed by atoms with Crippen molar-refractivity contribution in [3.05, 3.63) is 48.6 Å². The third-order valence-corrected chi connectivity index (χ3v) is 12.3. The van der Waals surface area contributed by atoms with E-state index >= 15 is 0 Å². The van der Waals surface area contributed by atoms with Crippen molar-refractivity contribution >= 4 is 13.7 Å². The maximum atomic E-state index is 12.9. The molecule has 0 aliphatic rings. The molecule has 0 aliphatic carbocycles. The minimum absolute atomic E-state index is 0.0121. The molecule has 8 nitrogen and oxygen atoms in total. The number of nitrogens with one attached hydrogen (secondary N) is 1. The number of phosphoric acid groups is 1. The number of rotatable bonds is 46. The first-order valence-electron chi connectivity index (χ1n) is 25.5. The number of carbonyl (C=O) groups is 1. The van der Waals surface area contributed by atoms with Crippen LogP contribution in [0.25, 0.3) is 0 Å². The number of aliphatic hydroxyl groups excluding tert-OH is 1. The van der Waals surface area contributed by atoms with Crippen LogP contribution in [0.1, 0.15) is 226 Å². The third-order valence-electron chi connectivity index (χ3n) is 11.3. The number of phosphoric ester groups is 1. The van der Waals surface area contributed by atoms with Gasteiger partial charge >= 0.3 is 0 Å². The van der Waals surface area contributed by atoms with Crippen molar-refractivity contribution < 1.29 is 32.9 Å². The molecule has 0 saturated heterocycles. The molecule has 0 spiro atoms. The maximum Gasteiger partial charge on any atom is 0.268 e. The summed E-state index contributed by atoms with van der Waals surface area (Å²) in [6, 6.07) is -0.797. The lowest BCUT2D eigenvalue weighted by Crippen LogP contribution is -2.46. The molecule has 3 unspecified atom stereocenters. The molecule has 9 heteroatoms. The summed E-state index contributed by atoms with van der Waals surface area (Å²) in [6.45, 7) is 4.57. The van der Waals surface area contributed by atoms with E-state index in [9.17, 15) is 19.4 Å². The molecular weight excluding hydrogens is 780 g/mol. The minimum atomic E-state index is -4.56. The molecule has 0 aromatic rings. The fraction of sp³-hybridized carbons (Fsp3) is 0.827. The highest BCUT2D eigenvalue weighted by Gasteiger charge is 2.24. The van der Waals surface area contributed by atoms with E-state index in [0.717, 1.165) is 64.2 Å². The monoisotopic (exact) mass is 879 g/mol. The van der Waals surface area contributed by atoms with Crippen molar-refractivity contribution in [3.8, 4) is 0 Å². The molecule has 0 aromatic carbocycles. The quantitative estimate of drug-likeness (QED) is 0.0273. The molecule has 61 heavy (non-hydrogen) atoms. The van der Waals surface area contributed by atoms with Crippen LogP contribution in [0.2, 0.25) is 0 Å². The van der Waals surface area contributed by atoms with Crippen LogP contribution in [-0.4, -0.2) is 68.5 Å². The van der Waals surface area contributed by atoms with Crippen molar-refractivity contribution in [2.24, 2.45) is 0 Å². The van der Waals surface area contributed by atoms with E-state index in [1.165, 1.54) is 135 Å². The van der Waals surface area contributed by atoms with Gasteiger partial charge in [-0.05, 0) is 51.4 Å². The highest BCUT2D eigenvalue weighted by molar-refractivity contribution is 7.45. The number of allylic oxidation sites excluding steroid dienone is 8. The zero-order valence-corrected chi connectivity index (χ0v) is 41.5. The van der Waals surface area contributed by atoms with Crippen molar-refractivity contribution in [1.29, 1.82) is 0 Å². The first-order valence-corrected chi connectivity index (χ1v) is 26.9. The van der Waals surface area contributed by atoms with E-state index in [-0.39, 0.29) is 19.1 Å². The SMILES string of the molecule is CC/C=C\C/C=C\C/C=C\C/C=C\CCCCCCCCCCCCCCCCCCCCC(=O)NC(COP(=O)([O-])OCC[N+](C)(C)C)C(O)CCCCCCCCCC. The van der Waals surface area contributed by atoms with Crippen LogP contribution in [0.3, 0.4) is 0 Å². The normalized spacial score (nSPS) is 14.5. The Morgan fingerprint density at radius 2 is 1.00 bits per heavy atom. The van der Waals surface area contributed by atoms with E-state index in [4.69, 9.17) is 9.05 Å². The van der Waals surface area contributed by atoms with Crippen LogP contribution >= 0.6 is 7.82 Å². The summed E-state index contributed by atoms with van der Waals surface area (Å²) in [5.41, 5.74) is 0. The molecule has 0 fully saturated rings. The van der Waals surface area contributed by atoms with E-state index in [0.29, 0.717) is 23.9 Å². The standard InChI is InChI=1S/C52H99N2O6P/c1-6-8-10-12-14-16-17-18-19-20-21-22-23-24-25-26-27-28-29-30-31-32-33-34-35-36-37-38-40-42-44-46-52(56)53-50(49-60-61(57,58)59-48-47-54(3,4)5)51(55)45-43-41-39-15-13-11-9-7-2/h8,10,14,16,18-19,21-22,50-51,55H,6-7,9,11-13,15,17,20,23-49H2,1-5H3,(H-,53,56,57,58)/b10-8-,16-14-,19-18-,22-21-. The number of aliphatic hydroxyl groups is 1. The van der Waals surface area contributed by atoms with Crippen LogP contribution in [0.4, 0.5) is 0 Å². The van der Waals surface area contributed by atoms with Gasteiger partial charge in [0.25, 0.3) is 7.82 Å². The predicted octanol–water partition coefficient (Wildman–Crippen LogP) is 14.2. The van der Waals surface area contributed by atoms with Crippen LogP contribution in [0.15, 0.2) is 48.6 Å². The fourth-order valence-corrected chi connectivity index (χ4v) is 8.05. The van der Waals surface area contributed by atoms with Gasteiger partial charge in [-0.25, -0.2) is 0 Å². The smallest absolute Gasteiger partial charge is 0.268 e. The number of hydrogen-bond donors (Lipinski definition) is 2. The lowest BCUT2D eigenvalue weighted by atomic mass is 10.0. The Bertz CT molecular complexity index is 1130. The van der Waals surface area contributed by atoms with E-state index in [1.54, 1.807) is 0 Å². The Hall–Kier alpha value is -1.54. The summed E-state index contributed by atoms with van der Waals surface area (Å²) in [6.07, 6.45) is 55.9. The number of nitrogens with zero attached hydrogens (tertiary/aromatic N) is 1. The molecule has 0 aromatic heterocycles. The topological polar surface area (TPSA) is 108 Å². The largest absolute Gasteiger partial charge is 0.756 e. The van der Waals surface area contributed by atoms with Gasteiger partial charge < -0.3 is 28.8 Å². The molecule has 0 aliphatic heterocycles. The Labute approximate surface area is 378 Å². The van der Waals surface area contributed by atoms with Crippen LogP contribution in [0, 0.1) is 0 Å². The summed E-state index contributed by atoms with van der Waals surface area (Å²) in [5.74, 6) is -0.167. The summed E-state index contributed by atoms with van der Waals surface area (Å²) in [4.78, 5) is 25.3. The molecule has 3 atom stereocenters. The third kappa shape index (κ3) is 46.3. The van der Waals surface area contributed by atoms with Gasteiger partial charge in [0.1, 0.15) is 13.2 Å². The second-order valence-corrected chi connectivity index (χ2v) is 19.9. The number of likely N-dealkylation sites (N-methyl/N-ethyl adjacent to an activating group) is 1. The summed E-state index contributed by atoms with van der Waals surface area (Å²) in [5, 5.41) is 13.8.